The van der Waals surface area contributed by atoms with Crippen molar-refractivity contribution in [2.24, 2.45) is 5.92 Å². The maximum Gasteiger partial charge on any atom is 0.234 e. The third-order valence-electron chi connectivity index (χ3n) is 4.43. The van der Waals surface area contributed by atoms with Gasteiger partial charge in [0.15, 0.2) is 9.84 Å². The van der Waals surface area contributed by atoms with Gasteiger partial charge in [-0.15, -0.1) is 0 Å². The molecule has 3 rings (SSSR count). The number of anilines is 1. The Morgan fingerprint density at radius 2 is 1.73 bits per heavy atom. The van der Waals surface area contributed by atoms with Gasteiger partial charge in [0, 0.05) is 23.7 Å². The Kier molecular flexibility index (Phi) is 4.34. The van der Waals surface area contributed by atoms with Gasteiger partial charge in [-0.05, 0) is 25.0 Å². The van der Waals surface area contributed by atoms with E-state index >= 15 is 0 Å². The van der Waals surface area contributed by atoms with Crippen LogP contribution in [0.5, 0.6) is 0 Å². The van der Waals surface area contributed by atoms with Crippen molar-refractivity contribution in [3.05, 3.63) is 41.4 Å². The van der Waals surface area contributed by atoms with Crippen LogP contribution in [0.1, 0.15) is 38.5 Å². The van der Waals surface area contributed by atoms with Crippen LogP contribution < -0.4 is 4.90 Å². The Bertz CT molecular complexity index is 673. The summed E-state index contributed by atoms with van der Waals surface area (Å²) in [6.07, 6.45) is 5.57. The molecule has 1 aromatic carbocycles. The number of hydrogen-bond acceptors (Lipinski definition) is 3. The minimum atomic E-state index is -3.17. The van der Waals surface area contributed by atoms with Gasteiger partial charge in [0.05, 0.1) is 11.2 Å². The summed E-state index contributed by atoms with van der Waals surface area (Å²) in [5.41, 5.74) is 1.38. The lowest BCUT2D eigenvalue weighted by atomic mass is 9.88. The molecular weight excluding hydrogens is 298 g/mol. The number of sulfone groups is 1. The van der Waals surface area contributed by atoms with Crippen LogP contribution in [0.15, 0.2) is 41.4 Å². The molecule has 0 N–H and O–H groups in total. The van der Waals surface area contributed by atoms with Crippen molar-refractivity contribution in [1.82, 2.24) is 0 Å². The van der Waals surface area contributed by atoms with Crippen LogP contribution in [0.25, 0.3) is 0 Å². The van der Waals surface area contributed by atoms with Crippen LogP contribution in [0.3, 0.4) is 0 Å². The lowest BCUT2D eigenvalue weighted by molar-refractivity contribution is -0.122. The average molecular weight is 319 g/mol. The van der Waals surface area contributed by atoms with E-state index in [1.54, 1.807) is 4.90 Å². The van der Waals surface area contributed by atoms with E-state index in [0.717, 1.165) is 31.4 Å². The smallest absolute Gasteiger partial charge is 0.234 e. The normalized spacial score (nSPS) is 21.4. The van der Waals surface area contributed by atoms with E-state index < -0.39 is 9.84 Å². The van der Waals surface area contributed by atoms with Crippen molar-refractivity contribution >= 4 is 21.4 Å². The summed E-state index contributed by atoms with van der Waals surface area (Å²) in [4.78, 5) is 14.6. The van der Waals surface area contributed by atoms with Gasteiger partial charge in [-0.2, -0.15) is 0 Å². The summed E-state index contributed by atoms with van der Waals surface area (Å²) >= 11 is 0. The Morgan fingerprint density at radius 3 is 2.32 bits per heavy atom. The quantitative estimate of drug-likeness (QED) is 0.859. The highest BCUT2D eigenvalue weighted by Crippen LogP contribution is 2.32. The summed E-state index contributed by atoms with van der Waals surface area (Å²) in [7, 11) is -3.17. The van der Waals surface area contributed by atoms with Gasteiger partial charge < -0.3 is 0 Å². The van der Waals surface area contributed by atoms with Crippen molar-refractivity contribution in [1.29, 1.82) is 0 Å². The van der Waals surface area contributed by atoms with Gasteiger partial charge in [-0.3, -0.25) is 9.69 Å². The summed E-state index contributed by atoms with van der Waals surface area (Å²) in [6.45, 7) is 0. The maximum absolute atomic E-state index is 13.0. The first kappa shape index (κ1) is 15.3. The third-order valence-corrected chi connectivity index (χ3v) is 5.84. The minimum Gasteiger partial charge on any atom is -0.284 e. The van der Waals surface area contributed by atoms with Crippen LogP contribution in [-0.4, -0.2) is 20.1 Å². The molecule has 0 aromatic heterocycles. The van der Waals surface area contributed by atoms with E-state index in [1.165, 1.54) is 11.8 Å². The van der Waals surface area contributed by atoms with E-state index in [0.29, 0.717) is 12.1 Å². The number of allylic oxidation sites excluding steroid dienone is 1. The van der Waals surface area contributed by atoms with E-state index in [1.807, 2.05) is 30.3 Å². The number of hydrogen-bond donors (Lipinski definition) is 0. The van der Waals surface area contributed by atoms with Gasteiger partial charge in [0.25, 0.3) is 0 Å². The Balaban J connectivity index is 1.95. The molecule has 1 saturated carbocycles. The fraction of sp³-hybridized carbons (Fsp3) is 0.471. The highest BCUT2D eigenvalue weighted by molar-refractivity contribution is 7.94. The molecule has 1 amide bonds. The molecule has 5 heteroatoms. The maximum atomic E-state index is 13.0. The highest BCUT2D eigenvalue weighted by atomic mass is 32.2. The zero-order chi connectivity index (χ0) is 15.6. The van der Waals surface area contributed by atoms with Gasteiger partial charge in [0.2, 0.25) is 5.91 Å². The number of nitrogens with zero attached hydrogens (tertiary/aromatic N) is 1. The molecule has 118 valence electrons. The van der Waals surface area contributed by atoms with E-state index in [2.05, 4.69) is 0 Å². The van der Waals surface area contributed by atoms with Gasteiger partial charge in [-0.25, -0.2) is 8.42 Å². The lowest BCUT2D eigenvalue weighted by Crippen LogP contribution is -2.36. The van der Waals surface area contributed by atoms with Crippen molar-refractivity contribution in [2.75, 3.05) is 10.7 Å². The molecule has 0 radical (unpaired) electrons. The Morgan fingerprint density at radius 1 is 1.05 bits per heavy atom. The Labute approximate surface area is 131 Å². The van der Waals surface area contributed by atoms with Crippen LogP contribution >= 0.6 is 0 Å². The van der Waals surface area contributed by atoms with Crippen LogP contribution in [0, 0.1) is 5.92 Å². The number of carbonyl (C=O) groups is 1. The fourth-order valence-corrected chi connectivity index (χ4v) is 4.53. The number of para-hydroxylation sites is 1. The zero-order valence-electron chi connectivity index (χ0n) is 12.6. The number of rotatable bonds is 3. The first-order valence-corrected chi connectivity index (χ1v) is 9.61. The SMILES string of the molecule is O=C(C1CCCCC1)N(C1=CS(=O)(=O)CC1)c1ccccc1. The van der Waals surface area contributed by atoms with Crippen molar-refractivity contribution < 1.29 is 13.2 Å². The van der Waals surface area contributed by atoms with E-state index in [-0.39, 0.29) is 17.6 Å². The predicted molar refractivity (Wildman–Crippen MR) is 87.0 cm³/mol. The highest BCUT2D eigenvalue weighted by Gasteiger charge is 2.32. The van der Waals surface area contributed by atoms with Crippen molar-refractivity contribution in [3.8, 4) is 0 Å². The van der Waals surface area contributed by atoms with Gasteiger partial charge in [-0.1, -0.05) is 37.5 Å². The molecule has 2 aliphatic rings. The number of benzene rings is 1. The minimum absolute atomic E-state index is 0.0122. The molecule has 0 bridgehead atoms. The third kappa shape index (κ3) is 3.24. The molecule has 22 heavy (non-hydrogen) atoms. The van der Waals surface area contributed by atoms with Crippen molar-refractivity contribution in [2.45, 2.75) is 38.5 Å². The monoisotopic (exact) mass is 319 g/mol. The summed E-state index contributed by atoms with van der Waals surface area (Å²) in [5, 5.41) is 1.28. The second-order valence-corrected chi connectivity index (χ2v) is 8.04. The lowest BCUT2D eigenvalue weighted by Gasteiger charge is -2.30. The van der Waals surface area contributed by atoms with Crippen LogP contribution in [0.2, 0.25) is 0 Å². The standard InChI is InChI=1S/C17H21NO3S/c19-17(14-7-3-1-4-8-14)18(15-9-5-2-6-10-15)16-11-12-22(20,21)13-16/h2,5-6,9-10,13-14H,1,3-4,7-8,11-12H2. The zero-order valence-corrected chi connectivity index (χ0v) is 13.4. The molecular formula is C17H21NO3S. The molecule has 1 heterocycles. The van der Waals surface area contributed by atoms with E-state index in [4.69, 9.17) is 0 Å². The predicted octanol–water partition coefficient (Wildman–Crippen LogP) is 3.26. The van der Waals surface area contributed by atoms with Crippen LogP contribution in [-0.2, 0) is 14.6 Å². The molecule has 1 aliphatic carbocycles. The average Bonchev–Trinajstić information content (AvgIpc) is 2.89. The topological polar surface area (TPSA) is 54.5 Å². The fourth-order valence-electron chi connectivity index (χ4n) is 3.28. The van der Waals surface area contributed by atoms with Crippen molar-refractivity contribution in [3.63, 3.8) is 0 Å². The second-order valence-electron chi connectivity index (χ2n) is 6.07. The van der Waals surface area contributed by atoms with Gasteiger partial charge >= 0.3 is 0 Å². The molecule has 0 spiro atoms. The largest absolute Gasteiger partial charge is 0.284 e. The summed E-state index contributed by atoms with van der Waals surface area (Å²) in [6, 6.07) is 9.38. The van der Waals surface area contributed by atoms with E-state index in [9.17, 15) is 13.2 Å². The molecule has 0 unspecified atom stereocenters. The van der Waals surface area contributed by atoms with Gasteiger partial charge in [0.1, 0.15) is 0 Å². The second kappa shape index (κ2) is 6.24. The summed E-state index contributed by atoms with van der Waals surface area (Å²) < 4.78 is 23.5. The first-order valence-electron chi connectivity index (χ1n) is 7.89. The van der Waals surface area contributed by atoms with Crippen LogP contribution in [0.4, 0.5) is 5.69 Å². The molecule has 1 aromatic rings. The number of amides is 1. The molecule has 1 fully saturated rings. The molecule has 1 aliphatic heterocycles. The Hall–Kier alpha value is -1.62. The molecule has 0 saturated heterocycles. The molecule has 0 atom stereocenters. The number of carbonyl (C=O) groups excluding carboxylic acids is 1. The first-order chi connectivity index (χ1) is 10.6. The summed E-state index contributed by atoms with van der Waals surface area (Å²) in [5.74, 6) is 0.163. The molecule has 4 nitrogen and oxygen atoms in total.